The molecule has 3 heterocycles. The molecule has 1 fully saturated rings. The van der Waals surface area contributed by atoms with Crippen molar-refractivity contribution in [2.24, 2.45) is 11.7 Å². The minimum absolute atomic E-state index is 0.213. The van der Waals surface area contributed by atoms with Gasteiger partial charge in [0.05, 0.1) is 5.39 Å². The highest BCUT2D eigenvalue weighted by Gasteiger charge is 2.23. The number of hydrogen-bond acceptors (Lipinski definition) is 6. The minimum Gasteiger partial charge on any atom is -0.370 e. The van der Waals surface area contributed by atoms with Crippen molar-refractivity contribution in [3.05, 3.63) is 11.4 Å². The van der Waals surface area contributed by atoms with Crippen LogP contribution in [0.4, 0.5) is 11.8 Å². The highest BCUT2D eigenvalue weighted by atomic mass is 32.1. The van der Waals surface area contributed by atoms with Crippen LogP contribution in [-0.4, -0.2) is 29.0 Å². The molecule has 0 aromatic carbocycles. The van der Waals surface area contributed by atoms with Crippen molar-refractivity contribution in [2.45, 2.75) is 19.3 Å². The molecule has 0 aliphatic carbocycles. The number of piperidine rings is 1. The number of nitrogens with two attached hydrogens (primary N) is 2. The van der Waals surface area contributed by atoms with Crippen LogP contribution < -0.4 is 16.4 Å². The third kappa shape index (κ3) is 2.53. The Hall–Kier alpha value is -1.89. The molecule has 0 atom stereocenters. The number of anilines is 2. The highest BCUT2D eigenvalue weighted by Crippen LogP contribution is 2.31. The Morgan fingerprint density at radius 1 is 1.40 bits per heavy atom. The predicted octanol–water partition coefficient (Wildman–Crippen LogP) is 1.37. The molecule has 106 valence electrons. The maximum absolute atomic E-state index is 11.0. The van der Waals surface area contributed by atoms with E-state index in [2.05, 4.69) is 14.9 Å². The lowest BCUT2D eigenvalue weighted by Crippen LogP contribution is -2.35. The minimum atomic E-state index is -0.213. The van der Waals surface area contributed by atoms with Gasteiger partial charge in [0.1, 0.15) is 10.6 Å². The van der Waals surface area contributed by atoms with Crippen LogP contribution in [0.1, 0.15) is 19.3 Å². The van der Waals surface area contributed by atoms with Gasteiger partial charge in [0.25, 0.3) is 0 Å². The molecular weight excluding hydrogens is 274 g/mol. The molecule has 0 saturated carbocycles. The Balaban J connectivity index is 1.79. The molecule has 2 aromatic heterocycles. The quantitative estimate of drug-likeness (QED) is 0.890. The molecule has 6 nitrogen and oxygen atoms in total. The van der Waals surface area contributed by atoms with Crippen LogP contribution in [0.15, 0.2) is 11.4 Å². The van der Waals surface area contributed by atoms with Crippen molar-refractivity contribution in [2.75, 3.05) is 23.7 Å². The Morgan fingerprint density at radius 3 is 2.85 bits per heavy atom. The number of carbonyl (C=O) groups is 1. The van der Waals surface area contributed by atoms with Gasteiger partial charge in [-0.3, -0.25) is 4.79 Å². The number of fused-ring (bicyclic) bond motifs is 1. The molecule has 20 heavy (non-hydrogen) atoms. The monoisotopic (exact) mass is 291 g/mol. The van der Waals surface area contributed by atoms with Crippen molar-refractivity contribution in [3.63, 3.8) is 0 Å². The summed E-state index contributed by atoms with van der Waals surface area (Å²) in [4.78, 5) is 22.8. The van der Waals surface area contributed by atoms with Crippen molar-refractivity contribution in [1.82, 2.24) is 9.97 Å². The fraction of sp³-hybridized carbons (Fsp3) is 0.462. The van der Waals surface area contributed by atoms with Crippen LogP contribution in [0.5, 0.6) is 0 Å². The summed E-state index contributed by atoms with van der Waals surface area (Å²) in [7, 11) is 0. The Kier molecular flexibility index (Phi) is 3.43. The van der Waals surface area contributed by atoms with Gasteiger partial charge in [0.2, 0.25) is 11.9 Å². The van der Waals surface area contributed by atoms with Crippen LogP contribution in [0.25, 0.3) is 10.2 Å². The zero-order chi connectivity index (χ0) is 14.1. The fourth-order valence-corrected chi connectivity index (χ4v) is 3.50. The molecule has 1 saturated heterocycles. The van der Waals surface area contributed by atoms with Crippen LogP contribution in [0, 0.1) is 5.92 Å². The smallest absolute Gasteiger partial charge is 0.223 e. The van der Waals surface area contributed by atoms with E-state index in [0.717, 1.165) is 42.0 Å². The van der Waals surface area contributed by atoms with E-state index in [4.69, 9.17) is 11.5 Å². The summed E-state index contributed by atoms with van der Waals surface area (Å²) in [5, 5.41) is 3.06. The normalized spacial score (nSPS) is 16.7. The molecule has 1 aliphatic heterocycles. The number of primary amides is 1. The molecular formula is C13H17N5OS. The molecule has 3 rings (SSSR count). The first-order valence-electron chi connectivity index (χ1n) is 6.67. The second-order valence-electron chi connectivity index (χ2n) is 5.15. The number of amides is 1. The third-order valence-corrected chi connectivity index (χ3v) is 4.53. The predicted molar refractivity (Wildman–Crippen MR) is 80.6 cm³/mol. The van der Waals surface area contributed by atoms with Crippen molar-refractivity contribution < 1.29 is 4.79 Å². The molecule has 2 aromatic rings. The van der Waals surface area contributed by atoms with E-state index in [9.17, 15) is 4.79 Å². The van der Waals surface area contributed by atoms with Crippen molar-refractivity contribution in [3.8, 4) is 0 Å². The van der Waals surface area contributed by atoms with E-state index in [-0.39, 0.29) is 5.91 Å². The summed E-state index contributed by atoms with van der Waals surface area (Å²) in [5.41, 5.74) is 11.0. The van der Waals surface area contributed by atoms with Gasteiger partial charge in [-0.05, 0) is 30.2 Å². The first kappa shape index (κ1) is 13.1. The summed E-state index contributed by atoms with van der Waals surface area (Å²) in [6.45, 7) is 1.75. The summed E-state index contributed by atoms with van der Waals surface area (Å²) in [5.74, 6) is 1.40. The van der Waals surface area contributed by atoms with E-state index in [1.54, 1.807) is 11.3 Å². The zero-order valence-electron chi connectivity index (χ0n) is 11.1. The first-order valence-corrected chi connectivity index (χ1v) is 7.55. The lowest BCUT2D eigenvalue weighted by Gasteiger charge is -2.32. The Morgan fingerprint density at radius 2 is 2.15 bits per heavy atom. The molecule has 0 bridgehead atoms. The lowest BCUT2D eigenvalue weighted by atomic mass is 9.93. The number of aromatic nitrogens is 2. The van der Waals surface area contributed by atoms with Gasteiger partial charge in [-0.1, -0.05) is 0 Å². The molecule has 1 amide bonds. The van der Waals surface area contributed by atoms with Crippen LogP contribution in [0.2, 0.25) is 0 Å². The van der Waals surface area contributed by atoms with E-state index in [1.165, 1.54) is 0 Å². The molecule has 0 spiro atoms. The van der Waals surface area contributed by atoms with E-state index in [1.807, 2.05) is 11.4 Å². The van der Waals surface area contributed by atoms with Crippen LogP contribution >= 0.6 is 11.3 Å². The van der Waals surface area contributed by atoms with Gasteiger partial charge in [0.15, 0.2) is 0 Å². The first-order chi connectivity index (χ1) is 9.63. The lowest BCUT2D eigenvalue weighted by molar-refractivity contribution is -0.119. The van der Waals surface area contributed by atoms with Crippen LogP contribution in [-0.2, 0) is 4.79 Å². The summed E-state index contributed by atoms with van der Waals surface area (Å²) in [6, 6.07) is 2.03. The summed E-state index contributed by atoms with van der Waals surface area (Å²) < 4.78 is 0. The summed E-state index contributed by atoms with van der Waals surface area (Å²) >= 11 is 1.57. The summed E-state index contributed by atoms with van der Waals surface area (Å²) in [6.07, 6.45) is 2.39. The van der Waals surface area contributed by atoms with E-state index < -0.39 is 0 Å². The van der Waals surface area contributed by atoms with Gasteiger partial charge < -0.3 is 16.4 Å². The zero-order valence-corrected chi connectivity index (χ0v) is 11.9. The maximum atomic E-state index is 11.0. The Bertz CT molecular complexity index is 633. The van der Waals surface area contributed by atoms with E-state index >= 15 is 0 Å². The average Bonchev–Trinajstić information content (AvgIpc) is 2.86. The van der Waals surface area contributed by atoms with Gasteiger partial charge in [0, 0.05) is 19.5 Å². The van der Waals surface area contributed by atoms with Gasteiger partial charge in [-0.25, -0.2) is 4.98 Å². The molecule has 0 radical (unpaired) electrons. The van der Waals surface area contributed by atoms with Gasteiger partial charge >= 0.3 is 0 Å². The van der Waals surface area contributed by atoms with Gasteiger partial charge in [-0.15, -0.1) is 11.3 Å². The van der Waals surface area contributed by atoms with Crippen molar-refractivity contribution in [1.29, 1.82) is 0 Å². The number of rotatable bonds is 3. The molecule has 4 N–H and O–H groups in total. The Labute approximate surface area is 120 Å². The second kappa shape index (κ2) is 5.24. The number of hydrogen-bond donors (Lipinski definition) is 2. The van der Waals surface area contributed by atoms with E-state index in [0.29, 0.717) is 18.3 Å². The largest absolute Gasteiger partial charge is 0.370 e. The number of carbonyl (C=O) groups excluding carboxylic acids is 1. The molecule has 1 aliphatic rings. The topological polar surface area (TPSA) is 98.1 Å². The average molecular weight is 291 g/mol. The maximum Gasteiger partial charge on any atom is 0.223 e. The fourth-order valence-electron chi connectivity index (χ4n) is 2.73. The van der Waals surface area contributed by atoms with Crippen molar-refractivity contribution >= 4 is 39.2 Å². The van der Waals surface area contributed by atoms with Crippen LogP contribution in [0.3, 0.4) is 0 Å². The molecule has 7 heteroatoms. The molecule has 0 unspecified atom stereocenters. The third-order valence-electron chi connectivity index (χ3n) is 3.73. The number of nitrogens with zero attached hydrogens (tertiary/aromatic N) is 3. The highest BCUT2D eigenvalue weighted by molar-refractivity contribution is 7.16. The number of thiophene rings is 1. The SMILES string of the molecule is NC(=O)CC1CCN(c2nc(N)nc3sccc23)CC1. The second-order valence-corrected chi connectivity index (χ2v) is 6.04. The van der Waals surface area contributed by atoms with Gasteiger partial charge in [-0.2, -0.15) is 4.98 Å². The standard InChI is InChI=1S/C13H17N5OS/c14-10(19)7-8-1-4-18(5-2-8)11-9-3-6-20-12(9)17-13(15)16-11/h3,6,8H,1-2,4-5,7H2,(H2,14,19)(H2,15,16,17). The number of nitrogen functional groups attached to an aromatic ring is 1.